The predicted octanol–water partition coefficient (Wildman–Crippen LogP) is 3.56. The van der Waals surface area contributed by atoms with Crippen LogP contribution in [0.25, 0.3) is 16.7 Å². The first kappa shape index (κ1) is 18.8. The Bertz CT molecular complexity index is 1220. The van der Waals surface area contributed by atoms with Crippen LogP contribution in [-0.2, 0) is 11.2 Å². The van der Waals surface area contributed by atoms with Crippen LogP contribution in [0.1, 0.15) is 47.7 Å². The molecule has 1 aliphatic heterocycles. The highest BCUT2D eigenvalue weighted by Gasteiger charge is 2.25. The Morgan fingerprint density at radius 1 is 1.20 bits per heavy atom. The minimum absolute atomic E-state index is 0.227. The van der Waals surface area contributed by atoms with Gasteiger partial charge in [-0.05, 0) is 56.2 Å². The van der Waals surface area contributed by atoms with E-state index in [9.17, 15) is 4.79 Å². The number of H-pyrrole nitrogens is 1. The van der Waals surface area contributed by atoms with E-state index >= 15 is 0 Å². The van der Waals surface area contributed by atoms with Crippen LogP contribution in [-0.4, -0.2) is 48.5 Å². The molecule has 1 amide bonds. The van der Waals surface area contributed by atoms with E-state index in [4.69, 9.17) is 0 Å². The molecule has 7 heteroatoms. The molecule has 0 aliphatic carbocycles. The van der Waals surface area contributed by atoms with Crippen molar-refractivity contribution >= 4 is 22.6 Å². The second-order valence-electron chi connectivity index (χ2n) is 8.18. The molecule has 4 aromatic rings. The summed E-state index contributed by atoms with van der Waals surface area (Å²) in [5, 5.41) is 5.55. The quantitative estimate of drug-likeness (QED) is 0.566. The molecule has 1 aromatic carbocycles. The summed E-state index contributed by atoms with van der Waals surface area (Å²) in [7, 11) is 0. The Morgan fingerprint density at radius 3 is 2.83 bits per heavy atom. The molecule has 30 heavy (non-hydrogen) atoms. The number of carbonyl (C=O) groups excluding carboxylic acids is 1. The Balaban J connectivity index is 1.22. The summed E-state index contributed by atoms with van der Waals surface area (Å²) in [4.78, 5) is 27.0. The molecule has 1 N–H and O–H groups in total. The van der Waals surface area contributed by atoms with Crippen molar-refractivity contribution in [3.8, 4) is 0 Å². The third-order valence-corrected chi connectivity index (χ3v) is 6.49. The summed E-state index contributed by atoms with van der Waals surface area (Å²) in [5.74, 6) is 1.35. The summed E-state index contributed by atoms with van der Waals surface area (Å²) < 4.78 is 1.75. The maximum atomic E-state index is 12.9. The van der Waals surface area contributed by atoms with Crippen molar-refractivity contribution in [3.05, 3.63) is 59.3 Å². The number of fused-ring (bicyclic) bond motifs is 2. The smallest absolute Gasteiger partial charge is 0.252 e. The summed E-state index contributed by atoms with van der Waals surface area (Å²) in [5.41, 5.74) is 5.61. The number of benzene rings is 1. The number of nitrogens with one attached hydrogen (secondary N) is 1. The lowest BCUT2D eigenvalue weighted by Crippen LogP contribution is -2.38. The molecule has 7 nitrogen and oxygen atoms in total. The summed E-state index contributed by atoms with van der Waals surface area (Å²) in [6, 6.07) is 8.45. The van der Waals surface area contributed by atoms with Gasteiger partial charge in [-0.1, -0.05) is 18.2 Å². The van der Waals surface area contributed by atoms with Crippen molar-refractivity contribution in [2.24, 2.45) is 0 Å². The van der Waals surface area contributed by atoms with Gasteiger partial charge in [-0.3, -0.25) is 4.79 Å². The van der Waals surface area contributed by atoms with Crippen LogP contribution in [0.3, 0.4) is 0 Å². The maximum absolute atomic E-state index is 12.9. The number of rotatable bonds is 4. The average molecular weight is 403 g/mol. The molecular weight excluding hydrogens is 376 g/mol. The van der Waals surface area contributed by atoms with Crippen molar-refractivity contribution in [3.63, 3.8) is 0 Å². The number of hydrogen-bond donors (Lipinski definition) is 1. The zero-order valence-electron chi connectivity index (χ0n) is 17.4. The van der Waals surface area contributed by atoms with E-state index in [1.165, 1.54) is 22.8 Å². The van der Waals surface area contributed by atoms with E-state index in [1.54, 1.807) is 4.52 Å². The van der Waals surface area contributed by atoms with E-state index in [1.807, 2.05) is 18.7 Å². The van der Waals surface area contributed by atoms with Gasteiger partial charge in [0.15, 0.2) is 0 Å². The van der Waals surface area contributed by atoms with Crippen molar-refractivity contribution in [2.75, 3.05) is 13.1 Å². The monoisotopic (exact) mass is 402 g/mol. The van der Waals surface area contributed by atoms with Crippen LogP contribution in [0, 0.1) is 13.8 Å². The van der Waals surface area contributed by atoms with Crippen LogP contribution in [0.2, 0.25) is 0 Å². The highest BCUT2D eigenvalue weighted by molar-refractivity contribution is 5.83. The number of aryl methyl sites for hydroxylation is 2. The topological polar surface area (TPSA) is 79.2 Å². The number of piperidine rings is 1. The summed E-state index contributed by atoms with van der Waals surface area (Å²) in [6.07, 6.45) is 6.87. The number of aromatic nitrogens is 5. The first-order valence-electron chi connectivity index (χ1n) is 10.6. The minimum Gasteiger partial charge on any atom is -0.361 e. The number of para-hydroxylation sites is 1. The van der Waals surface area contributed by atoms with Gasteiger partial charge in [-0.25, -0.2) is 9.50 Å². The number of aromatic amines is 1. The second-order valence-corrected chi connectivity index (χ2v) is 8.18. The molecule has 0 saturated carbocycles. The molecule has 4 heterocycles. The third-order valence-electron chi connectivity index (χ3n) is 6.49. The minimum atomic E-state index is 0.227. The van der Waals surface area contributed by atoms with Gasteiger partial charge >= 0.3 is 0 Å². The highest BCUT2D eigenvalue weighted by atomic mass is 16.2. The zero-order valence-corrected chi connectivity index (χ0v) is 17.4. The molecule has 3 aromatic heterocycles. The Kier molecular flexibility index (Phi) is 4.73. The Hall–Kier alpha value is -3.22. The van der Waals surface area contributed by atoms with E-state index in [2.05, 4.69) is 50.5 Å². The van der Waals surface area contributed by atoms with E-state index in [0.29, 0.717) is 24.5 Å². The fraction of sp³-hybridized carbons (Fsp3) is 0.391. The van der Waals surface area contributed by atoms with Gasteiger partial charge in [-0.2, -0.15) is 10.1 Å². The molecule has 5 rings (SSSR count). The number of amides is 1. The second kappa shape index (κ2) is 7.55. The van der Waals surface area contributed by atoms with Gasteiger partial charge in [0.05, 0.1) is 0 Å². The first-order valence-corrected chi connectivity index (χ1v) is 10.6. The largest absolute Gasteiger partial charge is 0.361 e. The van der Waals surface area contributed by atoms with Crippen molar-refractivity contribution in [2.45, 2.75) is 45.4 Å². The number of nitrogens with zero attached hydrogens (tertiary/aromatic N) is 5. The van der Waals surface area contributed by atoms with Crippen LogP contribution in [0.15, 0.2) is 36.8 Å². The average Bonchev–Trinajstić information content (AvgIpc) is 3.40. The van der Waals surface area contributed by atoms with Crippen molar-refractivity contribution in [1.29, 1.82) is 0 Å². The molecule has 0 radical (unpaired) electrons. The van der Waals surface area contributed by atoms with Gasteiger partial charge < -0.3 is 9.88 Å². The van der Waals surface area contributed by atoms with Gasteiger partial charge in [0, 0.05) is 48.0 Å². The summed E-state index contributed by atoms with van der Waals surface area (Å²) >= 11 is 0. The fourth-order valence-electron chi connectivity index (χ4n) is 4.78. The lowest BCUT2D eigenvalue weighted by molar-refractivity contribution is -0.132. The van der Waals surface area contributed by atoms with E-state index in [-0.39, 0.29) is 5.91 Å². The molecule has 0 unspecified atom stereocenters. The molecular formula is C23H26N6O. The van der Waals surface area contributed by atoms with Gasteiger partial charge in [0.25, 0.3) is 5.78 Å². The highest BCUT2D eigenvalue weighted by Crippen LogP contribution is 2.33. The van der Waals surface area contributed by atoms with Crippen LogP contribution in [0.5, 0.6) is 0 Å². The van der Waals surface area contributed by atoms with Gasteiger partial charge in [0.1, 0.15) is 6.33 Å². The normalized spacial score (nSPS) is 15.3. The summed E-state index contributed by atoms with van der Waals surface area (Å²) in [6.45, 7) is 5.64. The van der Waals surface area contributed by atoms with Crippen LogP contribution >= 0.6 is 0 Å². The lowest BCUT2D eigenvalue weighted by atomic mass is 9.89. The standard InChI is InChI=1S/C23H26N6O/c1-15-18(16(2)29-23(27-15)25-14-26-29)7-8-22(30)28-11-9-17(10-12-28)20-13-24-21-6-4-3-5-19(20)21/h3-6,13-14,17,24H,7-12H2,1-2H3. The number of likely N-dealkylation sites (tertiary alicyclic amines) is 1. The van der Waals surface area contributed by atoms with Crippen LogP contribution in [0.4, 0.5) is 0 Å². The van der Waals surface area contributed by atoms with Crippen LogP contribution < -0.4 is 0 Å². The zero-order chi connectivity index (χ0) is 20.7. The lowest BCUT2D eigenvalue weighted by Gasteiger charge is -2.32. The Morgan fingerprint density at radius 2 is 2.00 bits per heavy atom. The Labute approximate surface area is 175 Å². The third kappa shape index (κ3) is 3.24. The molecule has 0 bridgehead atoms. The van der Waals surface area contributed by atoms with E-state index < -0.39 is 0 Å². The van der Waals surface area contributed by atoms with Crippen molar-refractivity contribution in [1.82, 2.24) is 29.5 Å². The molecule has 1 aliphatic rings. The van der Waals surface area contributed by atoms with Crippen molar-refractivity contribution < 1.29 is 4.79 Å². The molecule has 0 atom stereocenters. The first-order chi connectivity index (χ1) is 14.6. The fourth-order valence-corrected chi connectivity index (χ4v) is 4.78. The number of hydrogen-bond acceptors (Lipinski definition) is 4. The van der Waals surface area contributed by atoms with Gasteiger partial charge in [0.2, 0.25) is 5.91 Å². The maximum Gasteiger partial charge on any atom is 0.252 e. The van der Waals surface area contributed by atoms with E-state index in [0.717, 1.165) is 42.9 Å². The molecule has 0 spiro atoms. The number of carbonyl (C=O) groups is 1. The molecule has 154 valence electrons. The molecule has 1 fully saturated rings. The molecule has 1 saturated heterocycles. The SMILES string of the molecule is Cc1nc2ncnn2c(C)c1CCC(=O)N1CCC(c2c[nH]c3ccccc23)CC1. The predicted molar refractivity (Wildman–Crippen MR) is 115 cm³/mol. The van der Waals surface area contributed by atoms with Gasteiger partial charge in [-0.15, -0.1) is 0 Å².